The van der Waals surface area contributed by atoms with Crippen molar-refractivity contribution in [2.45, 2.75) is 13.5 Å². The number of rotatable bonds is 3. The summed E-state index contributed by atoms with van der Waals surface area (Å²) in [6.07, 6.45) is 0. The Balaban J connectivity index is 2.04. The second-order valence-electron chi connectivity index (χ2n) is 4.99. The van der Waals surface area contributed by atoms with Gasteiger partial charge in [0.1, 0.15) is 0 Å². The molecule has 0 saturated heterocycles. The number of hydrogen-bond acceptors (Lipinski definition) is 3. The van der Waals surface area contributed by atoms with Crippen LogP contribution in [-0.4, -0.2) is 8.52 Å². The summed E-state index contributed by atoms with van der Waals surface area (Å²) in [5.41, 5.74) is 2.23. The third kappa shape index (κ3) is 2.91. The zero-order valence-corrected chi connectivity index (χ0v) is 13.4. The topological polar surface area (TPSA) is 44.0 Å². The third-order valence-corrected chi connectivity index (χ3v) is 4.42. The molecule has 0 spiro atoms. The van der Waals surface area contributed by atoms with Crippen LogP contribution < -0.4 is 10.6 Å². The molecule has 0 fully saturated rings. The second kappa shape index (κ2) is 5.94. The molecule has 4 nitrogen and oxygen atoms in total. The highest BCUT2D eigenvalue weighted by atomic mass is 35.5. The van der Waals surface area contributed by atoms with E-state index in [0.29, 0.717) is 10.7 Å². The zero-order valence-electron chi connectivity index (χ0n) is 11.8. The quantitative estimate of drug-likeness (QED) is 0.740. The maximum atomic E-state index is 12.5. The molecule has 0 atom stereocenters. The first-order chi connectivity index (χ1) is 10.5. The number of halogens is 1. The standard InChI is InChI=1S/C16H13ClN2O2S/c1-11-4-2-7-14(8-11)19-15(20)18(16(21)22-19)10-12-5-3-6-13(17)9-12/h2-9H,10H2,1H3. The van der Waals surface area contributed by atoms with Crippen molar-refractivity contribution in [2.75, 3.05) is 0 Å². The number of benzene rings is 2. The van der Waals surface area contributed by atoms with Crippen molar-refractivity contribution < 1.29 is 0 Å². The maximum absolute atomic E-state index is 12.5. The van der Waals surface area contributed by atoms with Crippen molar-refractivity contribution in [2.24, 2.45) is 0 Å². The molecule has 0 aliphatic carbocycles. The smallest absolute Gasteiger partial charge is 0.255 e. The van der Waals surface area contributed by atoms with Gasteiger partial charge in [-0.1, -0.05) is 35.9 Å². The summed E-state index contributed by atoms with van der Waals surface area (Å²) in [6, 6.07) is 14.6. The summed E-state index contributed by atoms with van der Waals surface area (Å²) in [5, 5.41) is 0.583. The molecule has 22 heavy (non-hydrogen) atoms. The molecule has 0 amide bonds. The van der Waals surface area contributed by atoms with Crippen LogP contribution in [0.15, 0.2) is 58.1 Å². The molecule has 0 N–H and O–H groups in total. The minimum Gasteiger partial charge on any atom is -0.255 e. The van der Waals surface area contributed by atoms with Crippen LogP contribution in [0.4, 0.5) is 0 Å². The predicted molar refractivity (Wildman–Crippen MR) is 89.5 cm³/mol. The highest BCUT2D eigenvalue weighted by Gasteiger charge is 2.12. The molecule has 1 aromatic heterocycles. The molecule has 2 aromatic carbocycles. The van der Waals surface area contributed by atoms with Gasteiger partial charge in [0.15, 0.2) is 0 Å². The molecular weight excluding hydrogens is 320 g/mol. The highest BCUT2D eigenvalue weighted by Crippen LogP contribution is 2.12. The molecule has 0 saturated carbocycles. The van der Waals surface area contributed by atoms with Crippen molar-refractivity contribution in [1.29, 1.82) is 0 Å². The SMILES string of the molecule is Cc1cccc(-n2sc(=O)n(Cc3cccc(Cl)c3)c2=O)c1. The Hall–Kier alpha value is -2.11. The van der Waals surface area contributed by atoms with Crippen molar-refractivity contribution in [3.8, 4) is 5.69 Å². The van der Waals surface area contributed by atoms with E-state index in [9.17, 15) is 9.59 Å². The van der Waals surface area contributed by atoms with E-state index in [1.165, 1.54) is 8.52 Å². The van der Waals surface area contributed by atoms with Gasteiger partial charge < -0.3 is 0 Å². The van der Waals surface area contributed by atoms with E-state index >= 15 is 0 Å². The molecule has 0 aliphatic heterocycles. The number of aromatic nitrogens is 2. The lowest BCUT2D eigenvalue weighted by Gasteiger charge is -2.02. The lowest BCUT2D eigenvalue weighted by Crippen LogP contribution is -2.28. The summed E-state index contributed by atoms with van der Waals surface area (Å²) >= 11 is 6.85. The van der Waals surface area contributed by atoms with E-state index < -0.39 is 0 Å². The van der Waals surface area contributed by atoms with Crippen molar-refractivity contribution in [1.82, 2.24) is 8.52 Å². The second-order valence-corrected chi connectivity index (χ2v) is 6.32. The van der Waals surface area contributed by atoms with Gasteiger partial charge in [-0.2, -0.15) is 0 Å². The monoisotopic (exact) mass is 332 g/mol. The Morgan fingerprint density at radius 3 is 2.59 bits per heavy atom. The molecular formula is C16H13ClN2O2S. The van der Waals surface area contributed by atoms with Crippen LogP contribution in [0.3, 0.4) is 0 Å². The molecule has 6 heteroatoms. The average Bonchev–Trinajstić information content (AvgIpc) is 2.75. The van der Waals surface area contributed by atoms with Gasteiger partial charge in [-0.15, -0.1) is 0 Å². The lowest BCUT2D eigenvalue weighted by atomic mass is 10.2. The fourth-order valence-electron chi connectivity index (χ4n) is 2.22. The molecule has 112 valence electrons. The van der Waals surface area contributed by atoms with E-state index in [0.717, 1.165) is 22.7 Å². The van der Waals surface area contributed by atoms with Crippen LogP contribution in [0.1, 0.15) is 11.1 Å². The summed E-state index contributed by atoms with van der Waals surface area (Å²) in [6.45, 7) is 2.16. The molecule has 1 heterocycles. The highest BCUT2D eigenvalue weighted by molar-refractivity contribution is 7.03. The normalized spacial score (nSPS) is 10.8. The molecule has 0 unspecified atom stereocenters. The number of nitrogens with zero attached hydrogens (tertiary/aromatic N) is 2. The Kier molecular flexibility index (Phi) is 4.00. The van der Waals surface area contributed by atoms with Gasteiger partial charge in [0.2, 0.25) is 0 Å². The summed E-state index contributed by atoms with van der Waals surface area (Å²) < 4.78 is 2.64. The fourth-order valence-corrected chi connectivity index (χ4v) is 3.23. The van der Waals surface area contributed by atoms with Gasteiger partial charge >= 0.3 is 10.6 Å². The molecule has 0 bridgehead atoms. The minimum absolute atomic E-state index is 0.216. The van der Waals surface area contributed by atoms with Gasteiger partial charge in [-0.05, 0) is 42.3 Å². The molecule has 3 rings (SSSR count). The van der Waals surface area contributed by atoms with Crippen LogP contribution in [0, 0.1) is 6.92 Å². The first-order valence-electron chi connectivity index (χ1n) is 6.69. The third-order valence-electron chi connectivity index (χ3n) is 3.26. The molecule has 3 aromatic rings. The number of aryl methyl sites for hydroxylation is 1. The van der Waals surface area contributed by atoms with Crippen molar-refractivity contribution >= 4 is 23.1 Å². The minimum atomic E-state index is -0.333. The molecule has 0 aliphatic rings. The van der Waals surface area contributed by atoms with Crippen LogP contribution >= 0.6 is 23.1 Å². The summed E-state index contributed by atoms with van der Waals surface area (Å²) in [5.74, 6) is 0. The van der Waals surface area contributed by atoms with E-state index in [-0.39, 0.29) is 17.1 Å². The van der Waals surface area contributed by atoms with Crippen LogP contribution in [0.5, 0.6) is 0 Å². The summed E-state index contributed by atoms with van der Waals surface area (Å²) in [7, 11) is 0. The Bertz CT molecular complexity index is 940. The maximum Gasteiger partial charge on any atom is 0.346 e. The van der Waals surface area contributed by atoms with E-state index in [4.69, 9.17) is 11.6 Å². The van der Waals surface area contributed by atoms with Gasteiger partial charge in [0.25, 0.3) is 0 Å². The Labute approximate surface area is 136 Å². The Morgan fingerprint density at radius 2 is 1.86 bits per heavy atom. The molecule has 0 radical (unpaired) electrons. The largest absolute Gasteiger partial charge is 0.346 e. The van der Waals surface area contributed by atoms with Crippen LogP contribution in [-0.2, 0) is 6.54 Å². The van der Waals surface area contributed by atoms with Gasteiger partial charge in [-0.25, -0.2) is 13.3 Å². The van der Waals surface area contributed by atoms with E-state index in [2.05, 4.69) is 0 Å². The van der Waals surface area contributed by atoms with Crippen molar-refractivity contribution in [3.63, 3.8) is 0 Å². The van der Waals surface area contributed by atoms with E-state index in [1.807, 2.05) is 37.3 Å². The Morgan fingerprint density at radius 1 is 1.09 bits per heavy atom. The first kappa shape index (κ1) is 14.8. The number of hydrogen-bond donors (Lipinski definition) is 0. The van der Waals surface area contributed by atoms with Crippen molar-refractivity contribution in [3.05, 3.63) is 84.8 Å². The van der Waals surface area contributed by atoms with Crippen LogP contribution in [0.2, 0.25) is 5.02 Å². The average molecular weight is 333 g/mol. The lowest BCUT2D eigenvalue weighted by molar-refractivity contribution is 0.723. The zero-order chi connectivity index (χ0) is 15.7. The predicted octanol–water partition coefficient (Wildman–Crippen LogP) is 3.07. The van der Waals surface area contributed by atoms with Gasteiger partial charge in [0, 0.05) is 16.6 Å². The first-order valence-corrected chi connectivity index (χ1v) is 7.84. The fraction of sp³-hybridized carbons (Fsp3) is 0.125. The van der Waals surface area contributed by atoms with E-state index in [1.54, 1.807) is 18.2 Å². The van der Waals surface area contributed by atoms with Gasteiger partial charge in [-0.3, -0.25) is 4.79 Å². The van der Waals surface area contributed by atoms with Crippen LogP contribution in [0.25, 0.3) is 5.69 Å². The summed E-state index contributed by atoms with van der Waals surface area (Å²) in [4.78, 5) is 24.3. The van der Waals surface area contributed by atoms with Gasteiger partial charge in [0.05, 0.1) is 12.2 Å².